The molecule has 1 aromatic rings. The van der Waals surface area contributed by atoms with Crippen molar-refractivity contribution in [1.29, 1.82) is 0 Å². The molecule has 0 bridgehead atoms. The molecular formula is C15H23N3O2. The lowest BCUT2D eigenvalue weighted by Crippen LogP contribution is -2.35. The van der Waals surface area contributed by atoms with Gasteiger partial charge in [0.1, 0.15) is 0 Å². The number of carbonyl (C=O) groups is 2. The number of nitrogens with two attached hydrogens (primary N) is 1. The molecule has 110 valence electrons. The molecule has 0 aliphatic heterocycles. The summed E-state index contributed by atoms with van der Waals surface area (Å²) in [5.74, 6) is -0.129. The molecule has 2 amide bonds. The maximum absolute atomic E-state index is 11.8. The molecular weight excluding hydrogens is 254 g/mol. The van der Waals surface area contributed by atoms with E-state index in [0.29, 0.717) is 18.5 Å². The summed E-state index contributed by atoms with van der Waals surface area (Å²) in [5, 5.41) is 2.77. The smallest absolute Gasteiger partial charge is 0.241 e. The van der Waals surface area contributed by atoms with Gasteiger partial charge in [-0.25, -0.2) is 0 Å². The zero-order chi connectivity index (χ0) is 15.1. The highest BCUT2D eigenvalue weighted by atomic mass is 16.2. The predicted octanol–water partition coefficient (Wildman–Crippen LogP) is 1.38. The maximum atomic E-state index is 11.8. The normalized spacial score (nSPS) is 11.8. The third-order valence-electron chi connectivity index (χ3n) is 3.01. The van der Waals surface area contributed by atoms with Crippen molar-refractivity contribution < 1.29 is 9.59 Å². The van der Waals surface area contributed by atoms with Gasteiger partial charge in [-0.2, -0.15) is 0 Å². The Kier molecular flexibility index (Phi) is 6.18. The average Bonchev–Trinajstić information content (AvgIpc) is 2.41. The monoisotopic (exact) mass is 277 g/mol. The Bertz CT molecular complexity index is 455. The first kappa shape index (κ1) is 16.2. The van der Waals surface area contributed by atoms with E-state index in [0.717, 1.165) is 12.0 Å². The number of hydrogen-bond acceptors (Lipinski definition) is 3. The van der Waals surface area contributed by atoms with E-state index in [4.69, 9.17) is 5.73 Å². The van der Waals surface area contributed by atoms with E-state index in [1.54, 1.807) is 31.1 Å². The molecule has 20 heavy (non-hydrogen) atoms. The minimum atomic E-state index is -0.477. The minimum Gasteiger partial charge on any atom is -0.349 e. The van der Waals surface area contributed by atoms with Crippen LogP contribution in [0.4, 0.5) is 5.69 Å². The number of hydrogen-bond donors (Lipinski definition) is 2. The van der Waals surface area contributed by atoms with E-state index in [1.807, 2.05) is 19.1 Å². The van der Waals surface area contributed by atoms with Gasteiger partial charge in [0, 0.05) is 19.8 Å². The lowest BCUT2D eigenvalue weighted by molar-refractivity contribution is -0.128. The van der Waals surface area contributed by atoms with Crippen LogP contribution in [-0.4, -0.2) is 36.9 Å². The van der Waals surface area contributed by atoms with E-state index in [-0.39, 0.29) is 11.8 Å². The number of benzene rings is 1. The molecule has 0 aliphatic rings. The first-order valence-corrected chi connectivity index (χ1v) is 6.79. The lowest BCUT2D eigenvalue weighted by atomic mass is 10.1. The van der Waals surface area contributed by atoms with Gasteiger partial charge in [-0.3, -0.25) is 9.59 Å². The number of likely N-dealkylation sites (N-methyl/N-ethyl adjacent to an activating group) is 1. The summed E-state index contributed by atoms with van der Waals surface area (Å²) in [5.41, 5.74) is 7.36. The van der Waals surface area contributed by atoms with E-state index in [2.05, 4.69) is 5.32 Å². The van der Waals surface area contributed by atoms with Gasteiger partial charge >= 0.3 is 0 Å². The molecule has 0 saturated heterocycles. The highest BCUT2D eigenvalue weighted by Crippen LogP contribution is 2.11. The molecule has 5 nitrogen and oxygen atoms in total. The van der Waals surface area contributed by atoms with Crippen LogP contribution in [0.5, 0.6) is 0 Å². The Morgan fingerprint density at radius 2 is 1.85 bits per heavy atom. The van der Waals surface area contributed by atoms with Gasteiger partial charge in [0.25, 0.3) is 0 Å². The molecule has 0 unspecified atom stereocenters. The van der Waals surface area contributed by atoms with Crippen molar-refractivity contribution in [3.63, 3.8) is 0 Å². The van der Waals surface area contributed by atoms with Crippen molar-refractivity contribution in [2.24, 2.45) is 5.73 Å². The van der Waals surface area contributed by atoms with Crippen LogP contribution >= 0.6 is 0 Å². The largest absolute Gasteiger partial charge is 0.349 e. The summed E-state index contributed by atoms with van der Waals surface area (Å²) in [6.45, 7) is 1.99. The molecule has 0 fully saturated rings. The molecule has 1 rings (SSSR count). The first-order valence-electron chi connectivity index (χ1n) is 6.79. The second kappa shape index (κ2) is 7.65. The van der Waals surface area contributed by atoms with Gasteiger partial charge in [-0.05, 0) is 24.1 Å². The van der Waals surface area contributed by atoms with E-state index >= 15 is 0 Å². The lowest BCUT2D eigenvalue weighted by Gasteiger charge is -2.12. The standard InChI is InChI=1S/C15H23N3O2/c1-4-5-13(16)15(20)17-12-8-6-11(7-9-12)10-14(19)18(2)3/h6-9,13H,4-5,10,16H2,1-3H3,(H,17,20)/t13-/m0/s1. The van der Waals surface area contributed by atoms with Crippen LogP contribution in [0.25, 0.3) is 0 Å². The second-order valence-electron chi connectivity index (χ2n) is 5.05. The van der Waals surface area contributed by atoms with Crippen molar-refractivity contribution >= 4 is 17.5 Å². The fourth-order valence-corrected chi connectivity index (χ4v) is 1.72. The number of carbonyl (C=O) groups excluding carboxylic acids is 2. The van der Waals surface area contributed by atoms with E-state index < -0.39 is 6.04 Å². The number of anilines is 1. The fraction of sp³-hybridized carbons (Fsp3) is 0.467. The molecule has 0 radical (unpaired) electrons. The van der Waals surface area contributed by atoms with Crippen molar-refractivity contribution in [1.82, 2.24) is 4.90 Å². The summed E-state index contributed by atoms with van der Waals surface area (Å²) < 4.78 is 0. The molecule has 1 atom stereocenters. The third kappa shape index (κ3) is 5.01. The van der Waals surface area contributed by atoms with Gasteiger partial charge in [0.2, 0.25) is 11.8 Å². The molecule has 1 aromatic carbocycles. The Labute approximate surface area is 120 Å². The number of rotatable bonds is 6. The summed E-state index contributed by atoms with van der Waals surface area (Å²) in [6, 6.07) is 6.77. The number of nitrogens with one attached hydrogen (secondary N) is 1. The van der Waals surface area contributed by atoms with Gasteiger partial charge in [0.05, 0.1) is 12.5 Å². The van der Waals surface area contributed by atoms with Crippen molar-refractivity contribution in [2.45, 2.75) is 32.2 Å². The minimum absolute atomic E-state index is 0.0479. The predicted molar refractivity (Wildman–Crippen MR) is 80.4 cm³/mol. The number of nitrogens with zero attached hydrogens (tertiary/aromatic N) is 1. The van der Waals surface area contributed by atoms with E-state index in [9.17, 15) is 9.59 Å². The van der Waals surface area contributed by atoms with Crippen LogP contribution in [0.2, 0.25) is 0 Å². The fourth-order valence-electron chi connectivity index (χ4n) is 1.72. The van der Waals surface area contributed by atoms with Crippen LogP contribution in [0.3, 0.4) is 0 Å². The number of amides is 2. The Morgan fingerprint density at radius 3 is 2.35 bits per heavy atom. The van der Waals surface area contributed by atoms with Crippen LogP contribution in [0, 0.1) is 0 Å². The Balaban J connectivity index is 2.58. The van der Waals surface area contributed by atoms with Crippen LogP contribution < -0.4 is 11.1 Å². The zero-order valence-electron chi connectivity index (χ0n) is 12.3. The quantitative estimate of drug-likeness (QED) is 0.825. The summed E-state index contributed by atoms with van der Waals surface area (Å²) in [4.78, 5) is 24.9. The molecule has 5 heteroatoms. The van der Waals surface area contributed by atoms with Crippen LogP contribution in [0.15, 0.2) is 24.3 Å². The molecule has 0 aromatic heterocycles. The molecule has 0 saturated carbocycles. The van der Waals surface area contributed by atoms with Gasteiger partial charge in [-0.1, -0.05) is 25.5 Å². The Hall–Kier alpha value is -1.88. The molecule has 0 heterocycles. The highest BCUT2D eigenvalue weighted by Gasteiger charge is 2.12. The van der Waals surface area contributed by atoms with Crippen LogP contribution in [0.1, 0.15) is 25.3 Å². The molecule has 3 N–H and O–H groups in total. The third-order valence-corrected chi connectivity index (χ3v) is 3.01. The summed E-state index contributed by atoms with van der Waals surface area (Å²) in [7, 11) is 3.46. The summed E-state index contributed by atoms with van der Waals surface area (Å²) in [6.07, 6.45) is 1.90. The van der Waals surface area contributed by atoms with Gasteiger partial charge in [0.15, 0.2) is 0 Å². The van der Waals surface area contributed by atoms with Crippen LogP contribution in [-0.2, 0) is 16.0 Å². The average molecular weight is 277 g/mol. The molecule has 0 aliphatic carbocycles. The molecule has 0 spiro atoms. The highest BCUT2D eigenvalue weighted by molar-refractivity contribution is 5.94. The maximum Gasteiger partial charge on any atom is 0.241 e. The van der Waals surface area contributed by atoms with Gasteiger partial charge < -0.3 is 16.0 Å². The Morgan fingerprint density at radius 1 is 1.25 bits per heavy atom. The van der Waals surface area contributed by atoms with E-state index in [1.165, 1.54) is 0 Å². The second-order valence-corrected chi connectivity index (χ2v) is 5.05. The first-order chi connectivity index (χ1) is 9.43. The van der Waals surface area contributed by atoms with Crippen molar-refractivity contribution in [3.8, 4) is 0 Å². The topological polar surface area (TPSA) is 75.4 Å². The van der Waals surface area contributed by atoms with Gasteiger partial charge in [-0.15, -0.1) is 0 Å². The summed E-state index contributed by atoms with van der Waals surface area (Å²) >= 11 is 0. The SMILES string of the molecule is CCC[C@H](N)C(=O)Nc1ccc(CC(=O)N(C)C)cc1. The van der Waals surface area contributed by atoms with Crippen molar-refractivity contribution in [2.75, 3.05) is 19.4 Å². The zero-order valence-corrected chi connectivity index (χ0v) is 12.3. The van der Waals surface area contributed by atoms with Crippen molar-refractivity contribution in [3.05, 3.63) is 29.8 Å².